The zero-order valence-electron chi connectivity index (χ0n) is 10.7. The highest BCUT2D eigenvalue weighted by Crippen LogP contribution is 2.15. The van der Waals surface area contributed by atoms with E-state index in [2.05, 4.69) is 17.2 Å². The van der Waals surface area contributed by atoms with Gasteiger partial charge in [0.2, 0.25) is 0 Å². The van der Waals surface area contributed by atoms with Gasteiger partial charge in [-0.05, 0) is 25.0 Å². The van der Waals surface area contributed by atoms with Crippen molar-refractivity contribution >= 4 is 11.8 Å². The van der Waals surface area contributed by atoms with Gasteiger partial charge in [0.05, 0.1) is 7.11 Å². The minimum absolute atomic E-state index is 0.348. The van der Waals surface area contributed by atoms with Crippen LogP contribution in [-0.2, 0) is 4.74 Å². The largest absolute Gasteiger partial charge is 0.465 e. The van der Waals surface area contributed by atoms with Crippen molar-refractivity contribution in [1.82, 2.24) is 4.98 Å². The molecule has 94 valence electrons. The summed E-state index contributed by atoms with van der Waals surface area (Å²) in [5.74, 6) is 0.262. The van der Waals surface area contributed by atoms with Crippen LogP contribution < -0.4 is 5.32 Å². The summed E-state index contributed by atoms with van der Waals surface area (Å²) in [6, 6.07) is 1.79. The minimum Gasteiger partial charge on any atom is -0.465 e. The first-order valence-electron chi connectivity index (χ1n) is 5.97. The first-order chi connectivity index (χ1) is 8.19. The van der Waals surface area contributed by atoms with Crippen molar-refractivity contribution in [3.8, 4) is 0 Å². The van der Waals surface area contributed by atoms with Crippen molar-refractivity contribution in [1.29, 1.82) is 0 Å². The Morgan fingerprint density at radius 1 is 1.47 bits per heavy atom. The lowest BCUT2D eigenvalue weighted by Crippen LogP contribution is -2.11. The molecule has 0 aliphatic rings. The average molecular weight is 236 g/mol. The van der Waals surface area contributed by atoms with Gasteiger partial charge in [-0.1, -0.05) is 19.8 Å². The van der Waals surface area contributed by atoms with Gasteiger partial charge in [-0.2, -0.15) is 0 Å². The molecule has 0 bridgehead atoms. The fourth-order valence-corrected chi connectivity index (χ4v) is 1.56. The van der Waals surface area contributed by atoms with Crippen molar-refractivity contribution < 1.29 is 9.53 Å². The van der Waals surface area contributed by atoms with E-state index in [1.807, 2.05) is 6.92 Å². The number of carbonyl (C=O) groups excluding carboxylic acids is 1. The molecular formula is C13H20N2O2. The molecular weight excluding hydrogens is 216 g/mol. The van der Waals surface area contributed by atoms with Crippen LogP contribution in [0, 0.1) is 6.92 Å². The number of pyridine rings is 1. The Morgan fingerprint density at radius 2 is 2.24 bits per heavy atom. The smallest absolute Gasteiger partial charge is 0.341 e. The van der Waals surface area contributed by atoms with E-state index in [4.69, 9.17) is 4.74 Å². The lowest BCUT2D eigenvalue weighted by molar-refractivity contribution is 0.0601. The third-order valence-corrected chi connectivity index (χ3v) is 2.50. The van der Waals surface area contributed by atoms with Gasteiger partial charge < -0.3 is 10.1 Å². The van der Waals surface area contributed by atoms with Crippen LogP contribution in [0.4, 0.5) is 5.82 Å². The molecule has 0 amide bonds. The Labute approximate surface area is 102 Å². The Kier molecular flexibility index (Phi) is 5.46. The number of aromatic nitrogens is 1. The second-order valence-electron chi connectivity index (χ2n) is 4.03. The van der Waals surface area contributed by atoms with Gasteiger partial charge in [0, 0.05) is 12.7 Å². The summed E-state index contributed by atoms with van der Waals surface area (Å²) < 4.78 is 4.74. The molecule has 17 heavy (non-hydrogen) atoms. The summed E-state index contributed by atoms with van der Waals surface area (Å²) in [6.07, 6.45) is 5.17. The maximum absolute atomic E-state index is 11.6. The van der Waals surface area contributed by atoms with E-state index >= 15 is 0 Å². The first kappa shape index (κ1) is 13.5. The molecule has 0 atom stereocenters. The lowest BCUT2D eigenvalue weighted by atomic mass is 10.2. The standard InChI is InChI=1S/C13H20N2O2/c1-4-5-6-7-14-12-11(13(16)17-3)8-10(2)9-15-12/h8-9H,4-7H2,1-3H3,(H,14,15). The maximum atomic E-state index is 11.6. The van der Waals surface area contributed by atoms with Crippen molar-refractivity contribution in [3.63, 3.8) is 0 Å². The average Bonchev–Trinajstić information content (AvgIpc) is 2.35. The molecule has 0 spiro atoms. The Hall–Kier alpha value is -1.58. The van der Waals surface area contributed by atoms with Gasteiger partial charge in [0.25, 0.3) is 0 Å². The number of methoxy groups -OCH3 is 1. The molecule has 1 heterocycles. The van der Waals surface area contributed by atoms with E-state index in [9.17, 15) is 4.79 Å². The van der Waals surface area contributed by atoms with Crippen molar-refractivity contribution in [2.45, 2.75) is 33.1 Å². The monoisotopic (exact) mass is 236 g/mol. The summed E-state index contributed by atoms with van der Waals surface area (Å²) in [7, 11) is 1.38. The fraction of sp³-hybridized carbons (Fsp3) is 0.538. The molecule has 0 aliphatic carbocycles. The van der Waals surface area contributed by atoms with E-state index in [1.165, 1.54) is 20.0 Å². The number of unbranched alkanes of at least 4 members (excludes halogenated alkanes) is 2. The molecule has 4 nitrogen and oxygen atoms in total. The van der Waals surface area contributed by atoms with Gasteiger partial charge in [0.1, 0.15) is 11.4 Å². The predicted molar refractivity (Wildman–Crippen MR) is 68.3 cm³/mol. The minimum atomic E-state index is -0.348. The van der Waals surface area contributed by atoms with Gasteiger partial charge >= 0.3 is 5.97 Å². The quantitative estimate of drug-likeness (QED) is 0.609. The van der Waals surface area contributed by atoms with Crippen molar-refractivity contribution in [2.24, 2.45) is 0 Å². The molecule has 0 saturated heterocycles. The number of ether oxygens (including phenoxy) is 1. The van der Waals surface area contributed by atoms with Crippen LogP contribution >= 0.6 is 0 Å². The van der Waals surface area contributed by atoms with E-state index in [0.29, 0.717) is 11.4 Å². The number of esters is 1. The molecule has 0 fully saturated rings. The van der Waals surface area contributed by atoms with E-state index in [1.54, 1.807) is 12.3 Å². The molecule has 0 aliphatic heterocycles. The molecule has 1 rings (SSSR count). The van der Waals surface area contributed by atoms with E-state index < -0.39 is 0 Å². The van der Waals surface area contributed by atoms with Gasteiger partial charge in [0.15, 0.2) is 0 Å². The maximum Gasteiger partial charge on any atom is 0.341 e. The Balaban J connectivity index is 2.72. The van der Waals surface area contributed by atoms with Crippen LogP contribution in [0.15, 0.2) is 12.3 Å². The number of carbonyl (C=O) groups is 1. The number of hydrogen-bond donors (Lipinski definition) is 1. The highest BCUT2D eigenvalue weighted by Gasteiger charge is 2.12. The summed E-state index contributed by atoms with van der Waals surface area (Å²) in [6.45, 7) is 4.89. The molecule has 0 aromatic carbocycles. The molecule has 0 saturated carbocycles. The van der Waals surface area contributed by atoms with Crippen LogP contribution in [-0.4, -0.2) is 24.6 Å². The number of hydrogen-bond acceptors (Lipinski definition) is 4. The van der Waals surface area contributed by atoms with E-state index in [0.717, 1.165) is 18.5 Å². The predicted octanol–water partition coefficient (Wildman–Crippen LogP) is 2.78. The molecule has 1 aromatic rings. The Morgan fingerprint density at radius 3 is 2.88 bits per heavy atom. The summed E-state index contributed by atoms with van der Waals surface area (Å²) in [4.78, 5) is 15.8. The van der Waals surface area contributed by atoms with Crippen LogP contribution in [0.25, 0.3) is 0 Å². The number of anilines is 1. The fourth-order valence-electron chi connectivity index (χ4n) is 1.56. The SMILES string of the molecule is CCCCCNc1ncc(C)cc1C(=O)OC. The number of rotatable bonds is 6. The molecule has 1 N–H and O–H groups in total. The Bertz CT molecular complexity index is 378. The zero-order chi connectivity index (χ0) is 12.7. The number of nitrogens with one attached hydrogen (secondary N) is 1. The molecule has 0 radical (unpaired) electrons. The third-order valence-electron chi connectivity index (χ3n) is 2.50. The highest BCUT2D eigenvalue weighted by molar-refractivity contribution is 5.94. The summed E-state index contributed by atoms with van der Waals surface area (Å²) in [5, 5.41) is 3.18. The van der Waals surface area contributed by atoms with Crippen LogP contribution in [0.1, 0.15) is 42.1 Å². The first-order valence-corrected chi connectivity index (χ1v) is 5.97. The van der Waals surface area contributed by atoms with Gasteiger partial charge in [-0.25, -0.2) is 9.78 Å². The summed E-state index contributed by atoms with van der Waals surface area (Å²) >= 11 is 0. The molecule has 0 unspecified atom stereocenters. The lowest BCUT2D eigenvalue weighted by Gasteiger charge is -2.10. The summed E-state index contributed by atoms with van der Waals surface area (Å²) in [5.41, 5.74) is 1.45. The van der Waals surface area contributed by atoms with Crippen molar-refractivity contribution in [2.75, 3.05) is 19.0 Å². The molecule has 4 heteroatoms. The second kappa shape index (κ2) is 6.89. The molecule has 1 aromatic heterocycles. The van der Waals surface area contributed by atoms with Gasteiger partial charge in [-0.15, -0.1) is 0 Å². The number of aryl methyl sites for hydroxylation is 1. The van der Waals surface area contributed by atoms with E-state index in [-0.39, 0.29) is 5.97 Å². The number of nitrogens with zero attached hydrogens (tertiary/aromatic N) is 1. The van der Waals surface area contributed by atoms with Crippen LogP contribution in [0.5, 0.6) is 0 Å². The van der Waals surface area contributed by atoms with Crippen molar-refractivity contribution in [3.05, 3.63) is 23.4 Å². The second-order valence-corrected chi connectivity index (χ2v) is 4.03. The normalized spacial score (nSPS) is 10.1. The van der Waals surface area contributed by atoms with Gasteiger partial charge in [-0.3, -0.25) is 0 Å². The van der Waals surface area contributed by atoms with Crippen LogP contribution in [0.2, 0.25) is 0 Å². The topological polar surface area (TPSA) is 51.2 Å². The third kappa shape index (κ3) is 4.06. The highest BCUT2D eigenvalue weighted by atomic mass is 16.5. The zero-order valence-corrected chi connectivity index (χ0v) is 10.7. The van der Waals surface area contributed by atoms with Crippen LogP contribution in [0.3, 0.4) is 0 Å².